The topological polar surface area (TPSA) is 203 Å². The normalized spacial score (nSPS) is 23.6. The van der Waals surface area contributed by atoms with Crippen LogP contribution in [0.2, 0.25) is 0 Å². The number of hydrogen-bond acceptors (Lipinski definition) is 8. The molecular weight excluding hydrogens is 524 g/mol. The molecule has 0 spiro atoms. The van der Waals surface area contributed by atoms with Gasteiger partial charge in [-0.1, -0.05) is 60.7 Å². The van der Waals surface area contributed by atoms with Crippen molar-refractivity contribution in [3.63, 3.8) is 0 Å². The van der Waals surface area contributed by atoms with E-state index >= 15 is 0 Å². The minimum Gasteiger partial charge on any atom is -0.481 e. The predicted molar refractivity (Wildman–Crippen MR) is 138 cm³/mol. The summed E-state index contributed by atoms with van der Waals surface area (Å²) < 4.78 is 10.7. The van der Waals surface area contributed by atoms with E-state index in [1.165, 1.54) is 19.1 Å². The smallest absolute Gasteiger partial charge is 0.408 e. The van der Waals surface area contributed by atoms with Gasteiger partial charge in [0.25, 0.3) is 0 Å². The van der Waals surface area contributed by atoms with E-state index in [2.05, 4.69) is 16.0 Å². The van der Waals surface area contributed by atoms with Gasteiger partial charge in [0.05, 0.1) is 12.5 Å². The Morgan fingerprint density at radius 3 is 2.12 bits per heavy atom. The Balaban J connectivity index is 1.94. The quantitative estimate of drug-likeness (QED) is 0.288. The summed E-state index contributed by atoms with van der Waals surface area (Å²) in [4.78, 5) is 75.9. The van der Waals surface area contributed by atoms with Gasteiger partial charge in [0.2, 0.25) is 17.7 Å². The molecule has 3 rings (SSSR count). The summed E-state index contributed by atoms with van der Waals surface area (Å²) in [6.07, 6.45) is -3.88. The lowest BCUT2D eigenvalue weighted by Gasteiger charge is -2.33. The first-order valence-electron chi connectivity index (χ1n) is 12.4. The van der Waals surface area contributed by atoms with Crippen LogP contribution in [0.25, 0.3) is 0 Å². The van der Waals surface area contributed by atoms with Gasteiger partial charge in [-0.05, 0) is 18.1 Å². The number of ether oxygens (including phenoxy) is 2. The highest BCUT2D eigenvalue weighted by Gasteiger charge is 2.42. The van der Waals surface area contributed by atoms with Gasteiger partial charge in [0.1, 0.15) is 30.7 Å². The maximum Gasteiger partial charge on any atom is 0.408 e. The number of amides is 4. The average Bonchev–Trinajstić information content (AvgIpc) is 2.91. The molecule has 13 heteroatoms. The number of hydrogen-bond donors (Lipinski definition) is 5. The largest absolute Gasteiger partial charge is 0.481 e. The van der Waals surface area contributed by atoms with E-state index in [9.17, 15) is 33.9 Å². The molecule has 2 aromatic carbocycles. The van der Waals surface area contributed by atoms with Crippen molar-refractivity contribution >= 4 is 35.8 Å². The molecule has 1 aliphatic heterocycles. The summed E-state index contributed by atoms with van der Waals surface area (Å²) in [5.41, 5.74) is 6.31. The molecular formula is C27H30N4O9. The molecule has 0 bridgehead atoms. The van der Waals surface area contributed by atoms with Crippen LogP contribution in [0.5, 0.6) is 0 Å². The van der Waals surface area contributed by atoms with Crippen molar-refractivity contribution in [3.05, 3.63) is 71.8 Å². The van der Waals surface area contributed by atoms with E-state index in [1.54, 1.807) is 48.5 Å². The number of primary amides is 1. The van der Waals surface area contributed by atoms with Gasteiger partial charge < -0.3 is 36.3 Å². The molecule has 0 saturated carbocycles. The SMILES string of the molecule is C[C@@H]1NC(=O)OC(c2ccccc2)C(C(=O)O)[C@H](CC(N)=O)NC(=O)[C@H](CC(=O)OCc2ccccc2)NC1=O. The van der Waals surface area contributed by atoms with Crippen LogP contribution in [0.15, 0.2) is 60.7 Å². The van der Waals surface area contributed by atoms with Gasteiger partial charge in [0, 0.05) is 6.42 Å². The average molecular weight is 555 g/mol. The molecule has 1 heterocycles. The van der Waals surface area contributed by atoms with Crippen molar-refractivity contribution in [1.82, 2.24) is 16.0 Å². The van der Waals surface area contributed by atoms with Crippen molar-refractivity contribution in [2.24, 2.45) is 11.7 Å². The first kappa shape index (κ1) is 29.6. The fraction of sp³-hybridized carbons (Fsp3) is 0.333. The second-order valence-electron chi connectivity index (χ2n) is 9.16. The van der Waals surface area contributed by atoms with Crippen LogP contribution >= 0.6 is 0 Å². The highest BCUT2D eigenvalue weighted by Crippen LogP contribution is 2.31. The number of cyclic esters (lactones) is 1. The number of nitrogens with one attached hydrogen (secondary N) is 3. The van der Waals surface area contributed by atoms with Crippen LogP contribution < -0.4 is 21.7 Å². The zero-order valence-corrected chi connectivity index (χ0v) is 21.6. The third kappa shape index (κ3) is 8.28. The lowest BCUT2D eigenvalue weighted by Crippen LogP contribution is -2.58. The predicted octanol–water partition coefficient (Wildman–Crippen LogP) is 0.535. The van der Waals surface area contributed by atoms with E-state index in [0.29, 0.717) is 5.56 Å². The van der Waals surface area contributed by atoms with E-state index < -0.39 is 78.7 Å². The molecule has 2 unspecified atom stereocenters. The Morgan fingerprint density at radius 2 is 1.52 bits per heavy atom. The monoisotopic (exact) mass is 554 g/mol. The van der Waals surface area contributed by atoms with Gasteiger partial charge in [-0.25, -0.2) is 4.79 Å². The maximum absolute atomic E-state index is 13.4. The number of carboxylic acids is 1. The molecule has 5 atom stereocenters. The van der Waals surface area contributed by atoms with Gasteiger partial charge in [0.15, 0.2) is 0 Å². The third-order valence-electron chi connectivity index (χ3n) is 6.13. The minimum absolute atomic E-state index is 0.0874. The Bertz CT molecular complexity index is 1240. The van der Waals surface area contributed by atoms with Crippen LogP contribution in [-0.4, -0.2) is 59.0 Å². The number of esters is 1. The summed E-state index contributed by atoms with van der Waals surface area (Å²) in [6.45, 7) is 1.23. The van der Waals surface area contributed by atoms with E-state index in [4.69, 9.17) is 15.2 Å². The minimum atomic E-state index is -1.68. The summed E-state index contributed by atoms with van der Waals surface area (Å²) in [6, 6.07) is 12.3. The van der Waals surface area contributed by atoms with Crippen molar-refractivity contribution < 1.29 is 43.3 Å². The van der Waals surface area contributed by atoms with Gasteiger partial charge >= 0.3 is 18.0 Å². The number of carbonyl (C=O) groups excluding carboxylic acids is 5. The molecule has 1 aliphatic rings. The van der Waals surface area contributed by atoms with Gasteiger partial charge in [-0.15, -0.1) is 0 Å². The Morgan fingerprint density at radius 1 is 0.900 bits per heavy atom. The van der Waals surface area contributed by atoms with Crippen LogP contribution in [0, 0.1) is 5.92 Å². The molecule has 6 N–H and O–H groups in total. The Hall–Kier alpha value is -4.94. The molecule has 1 fully saturated rings. The summed E-state index contributed by atoms with van der Waals surface area (Å²) in [7, 11) is 0. The first-order chi connectivity index (χ1) is 19.0. The fourth-order valence-corrected chi connectivity index (χ4v) is 4.13. The number of alkyl carbamates (subject to hydrolysis) is 1. The van der Waals surface area contributed by atoms with Gasteiger partial charge in [-0.2, -0.15) is 0 Å². The first-order valence-corrected chi connectivity index (χ1v) is 12.4. The van der Waals surface area contributed by atoms with Crippen LogP contribution in [0.1, 0.15) is 37.0 Å². The highest BCUT2D eigenvalue weighted by molar-refractivity contribution is 5.94. The zero-order valence-electron chi connectivity index (χ0n) is 21.6. The molecule has 40 heavy (non-hydrogen) atoms. The standard InChI is InChI=1S/C27H30N4O9/c1-15-24(34)31-19(13-21(33)39-14-16-8-4-2-5-9-16)25(35)30-18(12-20(28)32)22(26(36)37)23(40-27(38)29-15)17-10-6-3-7-11-17/h2-11,15,18-19,22-23H,12-14H2,1H3,(H2,28,32)(H,29,38)(H,30,35)(H,31,34)(H,36,37)/t15-,18-,19-,22?,23?/m0/s1. The summed E-state index contributed by atoms with van der Waals surface area (Å²) >= 11 is 0. The molecule has 2 aromatic rings. The lowest BCUT2D eigenvalue weighted by atomic mass is 9.86. The lowest BCUT2D eigenvalue weighted by molar-refractivity contribution is -0.151. The number of nitrogens with two attached hydrogens (primary N) is 1. The fourth-order valence-electron chi connectivity index (χ4n) is 4.13. The number of carbonyl (C=O) groups is 6. The van der Waals surface area contributed by atoms with Crippen LogP contribution in [-0.2, 0) is 40.1 Å². The van der Waals surface area contributed by atoms with Crippen LogP contribution in [0.3, 0.4) is 0 Å². The zero-order chi connectivity index (χ0) is 29.2. The summed E-state index contributed by atoms with van der Waals surface area (Å²) in [5.74, 6) is -6.75. The molecule has 0 aliphatic carbocycles. The molecule has 4 amide bonds. The van der Waals surface area contributed by atoms with Gasteiger partial charge in [-0.3, -0.25) is 24.0 Å². The van der Waals surface area contributed by atoms with Crippen LogP contribution in [0.4, 0.5) is 4.79 Å². The summed E-state index contributed by atoms with van der Waals surface area (Å²) in [5, 5.41) is 17.2. The number of aliphatic carboxylic acids is 1. The number of rotatable bonds is 8. The van der Waals surface area contributed by atoms with Crippen molar-refractivity contribution in [2.45, 2.75) is 50.6 Å². The third-order valence-corrected chi connectivity index (χ3v) is 6.13. The Labute approximate surface area is 229 Å². The second-order valence-corrected chi connectivity index (χ2v) is 9.16. The van der Waals surface area contributed by atoms with E-state index in [-0.39, 0.29) is 12.2 Å². The van der Waals surface area contributed by atoms with Crippen molar-refractivity contribution in [3.8, 4) is 0 Å². The number of benzene rings is 2. The molecule has 1 saturated heterocycles. The van der Waals surface area contributed by atoms with Crippen molar-refractivity contribution in [1.29, 1.82) is 0 Å². The molecule has 212 valence electrons. The number of carboxylic acid groups (broad SMARTS) is 1. The van der Waals surface area contributed by atoms with Crippen molar-refractivity contribution in [2.75, 3.05) is 0 Å². The molecule has 0 radical (unpaired) electrons. The molecule has 13 nitrogen and oxygen atoms in total. The molecule has 0 aromatic heterocycles. The second kappa shape index (κ2) is 13.7. The Kier molecular flexibility index (Phi) is 10.2. The maximum atomic E-state index is 13.4. The van der Waals surface area contributed by atoms with E-state index in [1.807, 2.05) is 0 Å². The van der Waals surface area contributed by atoms with E-state index in [0.717, 1.165) is 0 Å². The highest BCUT2D eigenvalue weighted by atomic mass is 16.6.